The zero-order chi connectivity index (χ0) is 13.2. The van der Waals surface area contributed by atoms with Gasteiger partial charge in [-0.1, -0.05) is 19.1 Å². The molecular weight excluding hydrogens is 222 g/mol. The van der Waals surface area contributed by atoms with Crippen molar-refractivity contribution < 1.29 is 0 Å². The van der Waals surface area contributed by atoms with Crippen LogP contribution in [-0.4, -0.2) is 22.6 Å². The molecule has 0 aliphatic heterocycles. The van der Waals surface area contributed by atoms with Crippen LogP contribution in [0.4, 0.5) is 0 Å². The highest BCUT2D eigenvalue weighted by molar-refractivity contribution is 5.76. The fourth-order valence-electron chi connectivity index (χ4n) is 2.37. The molecule has 2 rings (SSSR count). The van der Waals surface area contributed by atoms with E-state index in [2.05, 4.69) is 61.8 Å². The minimum Gasteiger partial charge on any atom is -0.323 e. The summed E-state index contributed by atoms with van der Waals surface area (Å²) in [5.41, 5.74) is 2.40. The SMILES string of the molecule is CCNCCc1nc2ccccc2n1C(C)(C)C. The number of likely N-dealkylation sites (N-methyl/N-ethyl adjacent to an activating group) is 1. The van der Waals surface area contributed by atoms with Crippen molar-refractivity contribution in [3.63, 3.8) is 0 Å². The van der Waals surface area contributed by atoms with Gasteiger partial charge in [0.25, 0.3) is 0 Å². The van der Waals surface area contributed by atoms with Crippen LogP contribution >= 0.6 is 0 Å². The lowest BCUT2D eigenvalue weighted by Gasteiger charge is -2.24. The number of benzene rings is 1. The van der Waals surface area contributed by atoms with Crippen molar-refractivity contribution in [2.75, 3.05) is 13.1 Å². The van der Waals surface area contributed by atoms with E-state index in [4.69, 9.17) is 4.98 Å². The van der Waals surface area contributed by atoms with Crippen LogP contribution in [0.1, 0.15) is 33.5 Å². The number of imidazole rings is 1. The highest BCUT2D eigenvalue weighted by atomic mass is 15.1. The number of nitrogens with zero attached hydrogens (tertiary/aromatic N) is 2. The van der Waals surface area contributed by atoms with E-state index in [1.54, 1.807) is 0 Å². The lowest BCUT2D eigenvalue weighted by atomic mass is 10.1. The van der Waals surface area contributed by atoms with E-state index in [1.165, 1.54) is 11.3 Å². The number of para-hydroxylation sites is 2. The van der Waals surface area contributed by atoms with Crippen LogP contribution in [0.25, 0.3) is 11.0 Å². The predicted octanol–water partition coefficient (Wildman–Crippen LogP) is 2.94. The van der Waals surface area contributed by atoms with Crippen LogP contribution in [0.3, 0.4) is 0 Å². The maximum absolute atomic E-state index is 4.77. The van der Waals surface area contributed by atoms with E-state index in [0.29, 0.717) is 0 Å². The molecule has 0 bridgehead atoms. The summed E-state index contributed by atoms with van der Waals surface area (Å²) in [4.78, 5) is 4.77. The van der Waals surface area contributed by atoms with Crippen LogP contribution in [0, 0.1) is 0 Å². The summed E-state index contributed by atoms with van der Waals surface area (Å²) < 4.78 is 2.36. The van der Waals surface area contributed by atoms with Gasteiger partial charge < -0.3 is 9.88 Å². The van der Waals surface area contributed by atoms with Gasteiger partial charge in [-0.2, -0.15) is 0 Å². The van der Waals surface area contributed by atoms with Crippen molar-refractivity contribution in [2.45, 2.75) is 39.7 Å². The molecule has 0 amide bonds. The van der Waals surface area contributed by atoms with Crippen molar-refractivity contribution >= 4 is 11.0 Å². The number of fused-ring (bicyclic) bond motifs is 1. The van der Waals surface area contributed by atoms with Gasteiger partial charge in [-0.25, -0.2) is 4.98 Å². The monoisotopic (exact) mass is 245 g/mol. The fraction of sp³-hybridized carbons (Fsp3) is 0.533. The highest BCUT2D eigenvalue weighted by Gasteiger charge is 2.20. The Balaban J connectivity index is 2.44. The van der Waals surface area contributed by atoms with Gasteiger partial charge in [0.15, 0.2) is 0 Å². The van der Waals surface area contributed by atoms with Crippen LogP contribution < -0.4 is 5.32 Å². The Bertz CT molecular complexity index is 520. The van der Waals surface area contributed by atoms with Gasteiger partial charge in [-0.15, -0.1) is 0 Å². The first-order valence-electron chi connectivity index (χ1n) is 6.71. The summed E-state index contributed by atoms with van der Waals surface area (Å²) >= 11 is 0. The second kappa shape index (κ2) is 5.11. The Morgan fingerprint density at radius 1 is 1.22 bits per heavy atom. The number of rotatable bonds is 4. The first-order valence-corrected chi connectivity index (χ1v) is 6.71. The maximum atomic E-state index is 4.77. The number of nitrogens with one attached hydrogen (secondary N) is 1. The smallest absolute Gasteiger partial charge is 0.111 e. The first-order chi connectivity index (χ1) is 8.54. The molecule has 0 unspecified atom stereocenters. The van der Waals surface area contributed by atoms with Crippen molar-refractivity contribution in [3.05, 3.63) is 30.1 Å². The Morgan fingerprint density at radius 2 is 1.94 bits per heavy atom. The highest BCUT2D eigenvalue weighted by Crippen LogP contribution is 2.25. The lowest BCUT2D eigenvalue weighted by molar-refractivity contribution is 0.393. The van der Waals surface area contributed by atoms with Crippen molar-refractivity contribution in [2.24, 2.45) is 0 Å². The van der Waals surface area contributed by atoms with Gasteiger partial charge in [-0.3, -0.25) is 0 Å². The third-order valence-corrected chi connectivity index (χ3v) is 3.08. The summed E-state index contributed by atoms with van der Waals surface area (Å²) in [5.74, 6) is 1.17. The van der Waals surface area contributed by atoms with Crippen LogP contribution in [0.2, 0.25) is 0 Å². The molecule has 2 aromatic rings. The van der Waals surface area contributed by atoms with Gasteiger partial charge in [0.2, 0.25) is 0 Å². The molecule has 0 aliphatic carbocycles. The molecule has 1 heterocycles. The molecular formula is C15H23N3. The minimum atomic E-state index is 0.0671. The molecule has 1 aromatic heterocycles. The van der Waals surface area contributed by atoms with Gasteiger partial charge in [0.05, 0.1) is 11.0 Å². The molecule has 0 radical (unpaired) electrons. The Labute approximate surface area is 109 Å². The zero-order valence-electron chi connectivity index (χ0n) is 11.8. The minimum absolute atomic E-state index is 0.0671. The summed E-state index contributed by atoms with van der Waals surface area (Å²) in [6.45, 7) is 10.8. The van der Waals surface area contributed by atoms with E-state index < -0.39 is 0 Å². The molecule has 1 N–H and O–H groups in total. The number of aromatic nitrogens is 2. The molecule has 98 valence electrons. The molecule has 0 fully saturated rings. The summed E-state index contributed by atoms with van der Waals surface area (Å²) in [6, 6.07) is 8.38. The van der Waals surface area contributed by atoms with E-state index in [-0.39, 0.29) is 5.54 Å². The number of hydrogen-bond donors (Lipinski definition) is 1. The third kappa shape index (κ3) is 2.56. The summed E-state index contributed by atoms with van der Waals surface area (Å²) in [7, 11) is 0. The standard InChI is InChI=1S/C15H23N3/c1-5-16-11-10-14-17-12-8-6-7-9-13(12)18(14)15(2,3)4/h6-9,16H,5,10-11H2,1-4H3. The molecule has 0 atom stereocenters. The predicted molar refractivity (Wildman–Crippen MR) is 77.0 cm³/mol. The normalized spacial score (nSPS) is 12.2. The largest absolute Gasteiger partial charge is 0.323 e. The van der Waals surface area contributed by atoms with Gasteiger partial charge >= 0.3 is 0 Å². The van der Waals surface area contributed by atoms with Crippen LogP contribution in [-0.2, 0) is 12.0 Å². The molecule has 3 nitrogen and oxygen atoms in total. The fourth-order valence-corrected chi connectivity index (χ4v) is 2.37. The average Bonchev–Trinajstić information content (AvgIpc) is 2.67. The van der Waals surface area contributed by atoms with Gasteiger partial charge in [0.1, 0.15) is 5.82 Å². The molecule has 3 heteroatoms. The third-order valence-electron chi connectivity index (χ3n) is 3.08. The van der Waals surface area contributed by atoms with Crippen molar-refractivity contribution in [1.82, 2.24) is 14.9 Å². The van der Waals surface area contributed by atoms with Crippen molar-refractivity contribution in [3.8, 4) is 0 Å². The number of hydrogen-bond acceptors (Lipinski definition) is 2. The summed E-state index contributed by atoms with van der Waals surface area (Å²) in [6.07, 6.45) is 0.972. The second-order valence-electron chi connectivity index (χ2n) is 5.63. The maximum Gasteiger partial charge on any atom is 0.111 e. The van der Waals surface area contributed by atoms with Gasteiger partial charge in [0, 0.05) is 18.5 Å². The second-order valence-corrected chi connectivity index (χ2v) is 5.63. The van der Waals surface area contributed by atoms with Crippen LogP contribution in [0.5, 0.6) is 0 Å². The molecule has 0 aliphatic rings. The van der Waals surface area contributed by atoms with Gasteiger partial charge in [-0.05, 0) is 39.4 Å². The van der Waals surface area contributed by atoms with E-state index in [9.17, 15) is 0 Å². The summed E-state index contributed by atoms with van der Waals surface area (Å²) in [5, 5.41) is 3.37. The Kier molecular flexibility index (Phi) is 3.71. The van der Waals surface area contributed by atoms with Crippen LogP contribution in [0.15, 0.2) is 24.3 Å². The molecule has 1 aromatic carbocycles. The van der Waals surface area contributed by atoms with Crippen molar-refractivity contribution in [1.29, 1.82) is 0 Å². The van der Waals surface area contributed by atoms with E-state index in [1.807, 2.05) is 0 Å². The Hall–Kier alpha value is -1.35. The zero-order valence-corrected chi connectivity index (χ0v) is 11.8. The molecule has 0 spiro atoms. The topological polar surface area (TPSA) is 29.9 Å². The Morgan fingerprint density at radius 3 is 2.61 bits per heavy atom. The van der Waals surface area contributed by atoms with E-state index >= 15 is 0 Å². The van der Waals surface area contributed by atoms with E-state index in [0.717, 1.165) is 25.0 Å². The molecule has 0 saturated heterocycles. The molecule has 18 heavy (non-hydrogen) atoms. The average molecular weight is 245 g/mol. The lowest BCUT2D eigenvalue weighted by Crippen LogP contribution is -2.26. The quantitative estimate of drug-likeness (QED) is 0.839. The molecule has 0 saturated carbocycles. The first kappa shape index (κ1) is 13.1.